The Kier molecular flexibility index (Phi) is 1.34. The summed E-state index contributed by atoms with van der Waals surface area (Å²) in [5.74, 6) is -0.312. The number of rotatable bonds is 0. The lowest BCUT2D eigenvalue weighted by Gasteiger charge is -2.21. The van der Waals surface area contributed by atoms with E-state index in [9.17, 15) is 10.3 Å². The van der Waals surface area contributed by atoms with Crippen molar-refractivity contribution >= 4 is 11.4 Å². The summed E-state index contributed by atoms with van der Waals surface area (Å²) in [5.41, 5.74) is 0.162. The van der Waals surface area contributed by atoms with Crippen molar-refractivity contribution < 1.29 is 15.3 Å². The molecule has 0 fully saturated rings. The van der Waals surface area contributed by atoms with Crippen LogP contribution >= 0.6 is 0 Å². The van der Waals surface area contributed by atoms with Crippen molar-refractivity contribution in [3.05, 3.63) is 23.4 Å². The number of anilines is 2. The monoisotopic (exact) mass is 168 g/mol. The molecule has 0 unspecified atom stereocenters. The van der Waals surface area contributed by atoms with Crippen molar-refractivity contribution in [1.82, 2.24) is 0 Å². The molecule has 6 nitrogen and oxygen atoms in total. The molecule has 12 heavy (non-hydrogen) atoms. The first-order valence-corrected chi connectivity index (χ1v) is 3.14. The lowest BCUT2D eigenvalue weighted by molar-refractivity contribution is -0.268. The minimum Gasteiger partial charge on any atom is -0.872 e. The summed E-state index contributed by atoms with van der Waals surface area (Å²) in [6, 6.07) is 3.61. The first-order valence-electron chi connectivity index (χ1n) is 3.14. The third-order valence-electron chi connectivity index (χ3n) is 1.50. The van der Waals surface area contributed by atoms with Crippen LogP contribution in [0, 0.1) is 5.21 Å². The van der Waals surface area contributed by atoms with Crippen molar-refractivity contribution in [3.63, 3.8) is 0 Å². The van der Waals surface area contributed by atoms with Gasteiger partial charge in [0.05, 0.1) is 5.69 Å². The van der Waals surface area contributed by atoms with Gasteiger partial charge in [-0.2, -0.15) is 0 Å². The number of nitrogens with zero attached hydrogens (tertiary/aromatic N) is 2. The van der Waals surface area contributed by atoms with E-state index in [0.29, 0.717) is 5.23 Å². The van der Waals surface area contributed by atoms with E-state index in [2.05, 4.69) is 4.94 Å². The van der Waals surface area contributed by atoms with Gasteiger partial charge in [0.15, 0.2) is 0 Å². The average Bonchev–Trinajstić information content (AvgIpc) is 2.28. The standard InChI is InChI=1S/C6H5N2O4/c9-4-1-2-5-6(3-4)8(11)12-7(5)10/h1-3,9-10H/q-1/p-1. The maximum atomic E-state index is 10.8. The molecule has 0 amide bonds. The molecule has 0 aromatic heterocycles. The molecule has 0 aliphatic carbocycles. The molecule has 0 bridgehead atoms. The third-order valence-corrected chi connectivity index (χ3v) is 1.50. The molecule has 0 saturated carbocycles. The maximum absolute atomic E-state index is 10.8. The van der Waals surface area contributed by atoms with Crippen LogP contribution in [0.3, 0.4) is 0 Å². The molecule has 1 aliphatic rings. The molecule has 1 aromatic rings. The van der Waals surface area contributed by atoms with Gasteiger partial charge in [-0.15, -0.1) is 15.9 Å². The first kappa shape index (κ1) is 7.17. The zero-order valence-corrected chi connectivity index (χ0v) is 5.80. The first-order chi connectivity index (χ1) is 5.68. The Labute approximate surface area is 67.3 Å². The smallest absolute Gasteiger partial charge is 0.122 e. The number of hydrogen-bond donors (Lipinski definition) is 1. The van der Waals surface area contributed by atoms with E-state index in [1.807, 2.05) is 0 Å². The molecule has 0 saturated heterocycles. The largest absolute Gasteiger partial charge is 0.872 e. The second-order valence-corrected chi connectivity index (χ2v) is 2.26. The van der Waals surface area contributed by atoms with E-state index in [4.69, 9.17) is 5.21 Å². The van der Waals surface area contributed by atoms with Crippen LogP contribution in [0.5, 0.6) is 5.75 Å². The highest BCUT2D eigenvalue weighted by molar-refractivity contribution is 5.72. The Morgan fingerprint density at radius 2 is 2.08 bits per heavy atom. The highest BCUT2D eigenvalue weighted by atomic mass is 17.1. The summed E-state index contributed by atoms with van der Waals surface area (Å²) in [6.45, 7) is 0. The van der Waals surface area contributed by atoms with Crippen LogP contribution < -0.4 is 15.6 Å². The summed E-state index contributed by atoms with van der Waals surface area (Å²) < 4.78 is 0. The lowest BCUT2D eigenvalue weighted by Crippen LogP contribution is -2.19. The summed E-state index contributed by atoms with van der Waals surface area (Å²) in [4.78, 5) is 4.21. The van der Waals surface area contributed by atoms with E-state index < -0.39 is 0 Å². The normalized spacial score (nSPS) is 15.2. The van der Waals surface area contributed by atoms with Crippen molar-refractivity contribution in [3.8, 4) is 5.75 Å². The second kappa shape index (κ2) is 2.24. The van der Waals surface area contributed by atoms with Crippen molar-refractivity contribution in [2.24, 2.45) is 0 Å². The van der Waals surface area contributed by atoms with Crippen LogP contribution in [0.15, 0.2) is 18.2 Å². The Morgan fingerprint density at radius 3 is 2.83 bits per heavy atom. The fourth-order valence-electron chi connectivity index (χ4n) is 0.969. The zero-order chi connectivity index (χ0) is 8.72. The SMILES string of the molecule is [O-]c1ccc2c(c1)N([O-])ON2O. The highest BCUT2D eigenvalue weighted by Gasteiger charge is 2.19. The molecule has 0 atom stereocenters. The average molecular weight is 168 g/mol. The highest BCUT2D eigenvalue weighted by Crippen LogP contribution is 2.36. The minimum atomic E-state index is -0.312. The molecule has 64 valence electrons. The molecule has 6 heteroatoms. The fourth-order valence-corrected chi connectivity index (χ4v) is 0.969. The predicted molar refractivity (Wildman–Crippen MR) is 37.1 cm³/mol. The molecule has 1 aliphatic heterocycles. The molecule has 0 spiro atoms. The van der Waals surface area contributed by atoms with E-state index in [1.54, 1.807) is 0 Å². The van der Waals surface area contributed by atoms with E-state index in [0.717, 1.165) is 6.07 Å². The summed E-state index contributed by atoms with van der Waals surface area (Å²) in [6.07, 6.45) is 0. The molecular formula is C6H4N2O4-2. The summed E-state index contributed by atoms with van der Waals surface area (Å²) in [7, 11) is 0. The van der Waals surface area contributed by atoms with Gasteiger partial charge in [-0.05, 0) is 12.1 Å². The van der Waals surface area contributed by atoms with Gasteiger partial charge in [-0.1, -0.05) is 6.07 Å². The van der Waals surface area contributed by atoms with Crippen LogP contribution in [-0.4, -0.2) is 5.21 Å². The van der Waals surface area contributed by atoms with Crippen LogP contribution in [-0.2, 0) is 4.94 Å². The van der Waals surface area contributed by atoms with Crippen molar-refractivity contribution in [2.45, 2.75) is 0 Å². The number of fused-ring (bicyclic) bond motifs is 1. The van der Waals surface area contributed by atoms with Crippen LogP contribution in [0.2, 0.25) is 0 Å². The van der Waals surface area contributed by atoms with Gasteiger partial charge in [-0.25, -0.2) is 0 Å². The topological polar surface area (TPSA) is 82.1 Å². The van der Waals surface area contributed by atoms with Crippen LogP contribution in [0.4, 0.5) is 11.4 Å². The van der Waals surface area contributed by atoms with Gasteiger partial charge in [0.1, 0.15) is 5.69 Å². The third kappa shape index (κ3) is 0.866. The fraction of sp³-hybridized carbons (Fsp3) is 0. The van der Waals surface area contributed by atoms with Crippen molar-refractivity contribution in [2.75, 3.05) is 10.5 Å². The van der Waals surface area contributed by atoms with Crippen LogP contribution in [0.1, 0.15) is 0 Å². The molecule has 1 heterocycles. The van der Waals surface area contributed by atoms with Gasteiger partial charge < -0.3 is 10.3 Å². The van der Waals surface area contributed by atoms with Gasteiger partial charge in [0.2, 0.25) is 0 Å². The Morgan fingerprint density at radius 1 is 1.33 bits per heavy atom. The van der Waals surface area contributed by atoms with E-state index in [1.165, 1.54) is 12.1 Å². The van der Waals surface area contributed by atoms with Gasteiger partial charge in [0.25, 0.3) is 0 Å². The molecular weight excluding hydrogens is 164 g/mol. The van der Waals surface area contributed by atoms with Crippen LogP contribution in [0.25, 0.3) is 0 Å². The van der Waals surface area contributed by atoms with E-state index >= 15 is 0 Å². The quantitative estimate of drug-likeness (QED) is 0.592. The molecule has 1 N–H and O–H groups in total. The number of hydrogen-bond acceptors (Lipinski definition) is 6. The Balaban J connectivity index is 2.53. The van der Waals surface area contributed by atoms with E-state index in [-0.39, 0.29) is 22.4 Å². The summed E-state index contributed by atoms with van der Waals surface area (Å²) >= 11 is 0. The zero-order valence-electron chi connectivity index (χ0n) is 5.80. The summed E-state index contributed by atoms with van der Waals surface area (Å²) in [5, 5.41) is 30.8. The maximum Gasteiger partial charge on any atom is 0.122 e. The predicted octanol–water partition coefficient (Wildman–Crippen LogP) is 0.120. The molecule has 1 aromatic carbocycles. The second-order valence-electron chi connectivity index (χ2n) is 2.26. The van der Waals surface area contributed by atoms with Crippen molar-refractivity contribution in [1.29, 1.82) is 0 Å². The molecule has 0 radical (unpaired) electrons. The lowest BCUT2D eigenvalue weighted by atomic mass is 10.2. The van der Waals surface area contributed by atoms with Gasteiger partial charge in [-0.3, -0.25) is 10.4 Å². The molecule has 2 rings (SSSR count). The van der Waals surface area contributed by atoms with Gasteiger partial charge >= 0.3 is 0 Å². The Bertz CT molecular complexity index is 316. The van der Waals surface area contributed by atoms with Gasteiger partial charge in [0, 0.05) is 0 Å². The number of benzene rings is 1. The Hall–Kier alpha value is -1.50. The minimum absolute atomic E-state index is 0.00463.